The first-order valence-electron chi connectivity index (χ1n) is 3.12. The molecule has 0 N–H and O–H groups in total. The third-order valence-corrected chi connectivity index (χ3v) is 0.940. The van der Waals surface area contributed by atoms with Crippen LogP contribution >= 0.6 is 0 Å². The Morgan fingerprint density at radius 3 is 2.50 bits per heavy atom. The van der Waals surface area contributed by atoms with E-state index in [1.165, 1.54) is 0 Å². The van der Waals surface area contributed by atoms with E-state index in [9.17, 15) is 0 Å². The van der Waals surface area contributed by atoms with Crippen molar-refractivity contribution in [3.05, 3.63) is 26.2 Å². The van der Waals surface area contributed by atoms with E-state index in [0.717, 1.165) is 19.3 Å². The lowest BCUT2D eigenvalue weighted by atomic mass is 10.1. The molecule has 0 fully saturated rings. The average Bonchev–Trinajstić information content (AvgIpc) is 1.81. The fourth-order valence-electron chi connectivity index (χ4n) is 0.499. The molecule has 0 atom stereocenters. The molecule has 0 unspecified atom stereocenters. The van der Waals surface area contributed by atoms with Crippen molar-refractivity contribution in [2.45, 2.75) is 26.2 Å². The number of hydrogen-bond acceptors (Lipinski definition) is 0. The summed E-state index contributed by atoms with van der Waals surface area (Å²) < 4.78 is 0. The van der Waals surface area contributed by atoms with Gasteiger partial charge in [0.1, 0.15) is 0 Å². The van der Waals surface area contributed by atoms with Gasteiger partial charge in [0.15, 0.2) is 0 Å². The van der Waals surface area contributed by atoms with Gasteiger partial charge in [-0.05, 0) is 32.1 Å². The maximum Gasteiger partial charge on any atom is -0.0380 e. The Bertz CT molecular complexity index is 25.0. The van der Waals surface area contributed by atoms with E-state index in [4.69, 9.17) is 0 Å². The first-order valence-corrected chi connectivity index (χ1v) is 3.12. The maximum absolute atomic E-state index is 3.70. The summed E-state index contributed by atoms with van der Waals surface area (Å²) in [7, 11) is 0. The van der Waals surface area contributed by atoms with E-state index in [1.54, 1.807) is 0 Å². The molecule has 0 aliphatic heterocycles. The van der Waals surface area contributed by atoms with E-state index < -0.39 is 0 Å². The zero-order valence-electron chi connectivity index (χ0n) is 5.56. The van der Waals surface area contributed by atoms with Crippen LogP contribution in [0.3, 0.4) is 0 Å². The van der Waals surface area contributed by atoms with Crippen molar-refractivity contribution in [2.75, 3.05) is 0 Å². The molecule has 0 bridgehead atoms. The minimum Gasteiger partial charge on any atom is -0.0622 e. The van der Waals surface area contributed by atoms with Crippen LogP contribution in [0.2, 0.25) is 0 Å². The second-order valence-electron chi connectivity index (χ2n) is 1.75. The Balaban J connectivity index is 2.53. The first-order chi connectivity index (χ1) is 3.91. The summed E-state index contributed by atoms with van der Waals surface area (Å²) in [6, 6.07) is 0. The predicted molar refractivity (Wildman–Crippen MR) is 37.8 cm³/mol. The van der Waals surface area contributed by atoms with Gasteiger partial charge in [0.25, 0.3) is 0 Å². The molecule has 0 saturated heterocycles. The summed E-state index contributed by atoms with van der Waals surface area (Å²) in [5.74, 6) is 0. The second-order valence-corrected chi connectivity index (χ2v) is 1.75. The van der Waals surface area contributed by atoms with E-state index in [0.29, 0.717) is 0 Å². The van der Waals surface area contributed by atoms with Gasteiger partial charge in [-0.1, -0.05) is 20.3 Å². The zero-order valence-corrected chi connectivity index (χ0v) is 5.56. The molecular weight excluding hydrogens is 96.1 g/mol. The van der Waals surface area contributed by atoms with E-state index >= 15 is 0 Å². The number of unbranched alkanes of at least 4 members (excludes halogenated alkanes) is 5. The van der Waals surface area contributed by atoms with Crippen molar-refractivity contribution >= 4 is 0 Å². The molecule has 0 spiro atoms. The second kappa shape index (κ2) is 7.00. The largest absolute Gasteiger partial charge is 0.0622 e. The van der Waals surface area contributed by atoms with Crippen molar-refractivity contribution in [2.24, 2.45) is 0 Å². The zero-order chi connectivity index (χ0) is 6.24. The van der Waals surface area contributed by atoms with Crippen molar-refractivity contribution in [1.29, 1.82) is 0 Å². The summed E-state index contributed by atoms with van der Waals surface area (Å²) in [5.41, 5.74) is 0. The molecule has 0 aromatic heterocycles. The van der Waals surface area contributed by atoms with Crippen LogP contribution < -0.4 is 0 Å². The van der Waals surface area contributed by atoms with Crippen LogP contribution in [0, 0.1) is 26.2 Å². The highest BCUT2D eigenvalue weighted by atomic mass is 13.9. The average molecular weight is 110 g/mol. The Hall–Kier alpha value is 0. The summed E-state index contributed by atoms with van der Waals surface area (Å²) >= 11 is 0. The molecule has 0 heterocycles. The molecule has 0 aromatic carbocycles. The minimum atomic E-state index is 0.945. The van der Waals surface area contributed by atoms with Gasteiger partial charge in [-0.3, -0.25) is 0 Å². The highest BCUT2D eigenvalue weighted by molar-refractivity contribution is 4.79. The third-order valence-electron chi connectivity index (χ3n) is 0.940. The summed E-state index contributed by atoms with van der Waals surface area (Å²) in [4.78, 5) is 0. The van der Waals surface area contributed by atoms with Crippen LogP contribution in [-0.4, -0.2) is 0 Å². The summed E-state index contributed by atoms with van der Waals surface area (Å²) in [6.45, 7) is 5.77. The highest BCUT2D eigenvalue weighted by Gasteiger charge is 1.84. The Morgan fingerprint density at radius 2 is 2.00 bits per heavy atom. The van der Waals surface area contributed by atoms with Gasteiger partial charge in [-0.15, -0.1) is 0 Å². The van der Waals surface area contributed by atoms with Crippen LogP contribution in [0.5, 0.6) is 0 Å². The Labute approximate surface area is 53.3 Å². The van der Waals surface area contributed by atoms with Crippen molar-refractivity contribution < 1.29 is 0 Å². The number of hydrogen-bond donors (Lipinski definition) is 0. The molecule has 0 amide bonds. The maximum atomic E-state index is 3.70. The summed E-state index contributed by atoms with van der Waals surface area (Å²) in [5, 5.41) is 0. The van der Waals surface area contributed by atoms with E-state index in [1.807, 2.05) is 0 Å². The monoisotopic (exact) mass is 110 g/mol. The fourth-order valence-corrected chi connectivity index (χ4v) is 0.499. The standard InChI is InChI=1S/C8H14/c1-3-5-7-8-6-4-2/h4-5,8H,1,3,6-7H2,2H3. The summed E-state index contributed by atoms with van der Waals surface area (Å²) in [6.07, 6.45) is 9.73. The van der Waals surface area contributed by atoms with Crippen molar-refractivity contribution in [3.8, 4) is 0 Å². The lowest BCUT2D eigenvalue weighted by Gasteiger charge is -1.92. The smallest absolute Gasteiger partial charge is 0.0380 e. The first kappa shape index (κ1) is 8.00. The quantitative estimate of drug-likeness (QED) is 0.477. The Morgan fingerprint density at radius 1 is 1.25 bits per heavy atom. The van der Waals surface area contributed by atoms with Gasteiger partial charge >= 0.3 is 0 Å². The van der Waals surface area contributed by atoms with Gasteiger partial charge in [-0.2, -0.15) is 0 Å². The molecule has 0 aliphatic rings. The predicted octanol–water partition coefficient (Wildman–Crippen LogP) is 2.62. The highest BCUT2D eigenvalue weighted by Crippen LogP contribution is 2.00. The molecule has 0 rings (SSSR count). The van der Waals surface area contributed by atoms with Crippen LogP contribution in [0.25, 0.3) is 0 Å². The third kappa shape index (κ3) is 6.00. The molecular formula is C8H14. The molecule has 0 heteroatoms. The van der Waals surface area contributed by atoms with Gasteiger partial charge in [-0.25, -0.2) is 0 Å². The van der Waals surface area contributed by atoms with Crippen molar-refractivity contribution in [1.82, 2.24) is 0 Å². The van der Waals surface area contributed by atoms with E-state index in [2.05, 4.69) is 33.1 Å². The topological polar surface area (TPSA) is 0 Å². The number of rotatable bonds is 5. The lowest BCUT2D eigenvalue weighted by molar-refractivity contribution is 0.958. The van der Waals surface area contributed by atoms with Crippen LogP contribution in [0.1, 0.15) is 26.2 Å². The SMILES string of the molecule is [CH2]C[CH]C[CH]C[CH]C. The van der Waals surface area contributed by atoms with E-state index in [-0.39, 0.29) is 0 Å². The fraction of sp³-hybridized carbons (Fsp3) is 0.500. The van der Waals surface area contributed by atoms with Gasteiger partial charge in [0, 0.05) is 0 Å². The van der Waals surface area contributed by atoms with Crippen LogP contribution in [0.4, 0.5) is 0 Å². The molecule has 8 heavy (non-hydrogen) atoms. The van der Waals surface area contributed by atoms with Crippen LogP contribution in [-0.2, 0) is 0 Å². The van der Waals surface area contributed by atoms with Gasteiger partial charge < -0.3 is 0 Å². The minimum absolute atomic E-state index is 0.945. The molecule has 0 saturated carbocycles. The normalized spacial score (nSPS) is 9.75. The van der Waals surface area contributed by atoms with Gasteiger partial charge in [0.05, 0.1) is 0 Å². The molecule has 4 radical (unpaired) electrons. The Kier molecular flexibility index (Phi) is 7.00. The molecule has 0 aliphatic carbocycles. The molecule has 0 nitrogen and oxygen atoms in total. The van der Waals surface area contributed by atoms with Crippen molar-refractivity contribution in [3.63, 3.8) is 0 Å². The molecule has 46 valence electrons. The lowest BCUT2D eigenvalue weighted by Crippen LogP contribution is -1.77. The molecule has 0 aromatic rings. The van der Waals surface area contributed by atoms with Crippen LogP contribution in [0.15, 0.2) is 0 Å². The van der Waals surface area contributed by atoms with Gasteiger partial charge in [0.2, 0.25) is 0 Å².